The van der Waals surface area contributed by atoms with Gasteiger partial charge in [0, 0.05) is 16.3 Å². The molecule has 0 amide bonds. The van der Waals surface area contributed by atoms with Crippen molar-refractivity contribution in [3.63, 3.8) is 0 Å². The summed E-state index contributed by atoms with van der Waals surface area (Å²) in [6.45, 7) is 2.01. The molecule has 0 saturated heterocycles. The van der Waals surface area contributed by atoms with Gasteiger partial charge in [-0.1, -0.05) is 11.6 Å². The van der Waals surface area contributed by atoms with Gasteiger partial charge in [-0.05, 0) is 25.1 Å². The highest BCUT2D eigenvalue weighted by Crippen LogP contribution is 2.26. The summed E-state index contributed by atoms with van der Waals surface area (Å²) in [5, 5.41) is 10.9. The fourth-order valence-electron chi connectivity index (χ4n) is 2.03. The molecule has 0 saturated carbocycles. The third-order valence-corrected chi connectivity index (χ3v) is 2.86. The lowest BCUT2D eigenvalue weighted by Gasteiger charge is -1.95. The van der Waals surface area contributed by atoms with E-state index >= 15 is 0 Å². The summed E-state index contributed by atoms with van der Waals surface area (Å²) in [4.78, 5) is 18.0. The van der Waals surface area contributed by atoms with Crippen LogP contribution in [0.2, 0.25) is 0 Å². The first-order valence-electron chi connectivity index (χ1n) is 5.26. The minimum atomic E-state index is -1.01. The SMILES string of the molecule is Cc1ccc2[nH]c3cnc(C(=O)O)cc3c2c1. The zero-order valence-electron chi connectivity index (χ0n) is 9.19. The number of nitrogens with zero attached hydrogens (tertiary/aromatic N) is 1. The number of aromatic nitrogens is 2. The Morgan fingerprint density at radius 2 is 2.00 bits per heavy atom. The van der Waals surface area contributed by atoms with Crippen molar-refractivity contribution in [1.82, 2.24) is 9.97 Å². The number of hydrogen-bond acceptors (Lipinski definition) is 2. The van der Waals surface area contributed by atoms with Crippen LogP contribution in [0.25, 0.3) is 21.8 Å². The predicted octanol–water partition coefficient (Wildman–Crippen LogP) is 2.72. The molecule has 2 N–H and O–H groups in total. The van der Waals surface area contributed by atoms with E-state index in [-0.39, 0.29) is 5.69 Å². The molecular weight excluding hydrogens is 216 g/mol. The number of carboxylic acid groups (broad SMARTS) is 1. The summed E-state index contributed by atoms with van der Waals surface area (Å²) in [6.07, 6.45) is 1.56. The van der Waals surface area contributed by atoms with Gasteiger partial charge < -0.3 is 10.1 Å². The van der Waals surface area contributed by atoms with E-state index in [1.54, 1.807) is 12.3 Å². The first kappa shape index (κ1) is 9.84. The number of hydrogen-bond donors (Lipinski definition) is 2. The highest BCUT2D eigenvalue weighted by atomic mass is 16.4. The van der Waals surface area contributed by atoms with E-state index in [2.05, 4.69) is 9.97 Å². The highest BCUT2D eigenvalue weighted by Gasteiger charge is 2.09. The number of nitrogens with one attached hydrogen (secondary N) is 1. The lowest BCUT2D eigenvalue weighted by Crippen LogP contribution is -1.98. The molecule has 4 heteroatoms. The monoisotopic (exact) mass is 226 g/mol. The van der Waals surface area contributed by atoms with Gasteiger partial charge in [0.15, 0.2) is 0 Å². The fraction of sp³-hybridized carbons (Fsp3) is 0.0769. The number of aromatic amines is 1. The summed E-state index contributed by atoms with van der Waals surface area (Å²) < 4.78 is 0. The standard InChI is InChI=1S/C13H10N2O2/c1-7-2-3-10-8(4-7)9-5-11(13(16)17)14-6-12(9)15-10/h2-6,15H,1H3,(H,16,17). The van der Waals surface area contributed by atoms with Crippen LogP contribution in [0.3, 0.4) is 0 Å². The summed E-state index contributed by atoms with van der Waals surface area (Å²) in [6, 6.07) is 7.66. The van der Waals surface area contributed by atoms with Crippen molar-refractivity contribution >= 4 is 27.8 Å². The van der Waals surface area contributed by atoms with Crippen molar-refractivity contribution in [2.45, 2.75) is 6.92 Å². The second-order valence-electron chi connectivity index (χ2n) is 4.09. The van der Waals surface area contributed by atoms with Gasteiger partial charge in [0.2, 0.25) is 0 Å². The van der Waals surface area contributed by atoms with Crippen molar-refractivity contribution < 1.29 is 9.90 Å². The molecule has 0 unspecified atom stereocenters. The Hall–Kier alpha value is -2.36. The van der Waals surface area contributed by atoms with Crippen molar-refractivity contribution in [3.05, 3.63) is 41.7 Å². The van der Waals surface area contributed by atoms with Crippen molar-refractivity contribution in [1.29, 1.82) is 0 Å². The number of carbonyl (C=O) groups is 1. The molecule has 17 heavy (non-hydrogen) atoms. The summed E-state index contributed by atoms with van der Waals surface area (Å²) in [7, 11) is 0. The number of fused-ring (bicyclic) bond motifs is 3. The zero-order chi connectivity index (χ0) is 12.0. The number of H-pyrrole nitrogens is 1. The van der Waals surface area contributed by atoms with Crippen molar-refractivity contribution in [3.8, 4) is 0 Å². The van der Waals surface area contributed by atoms with Gasteiger partial charge in [-0.25, -0.2) is 9.78 Å². The van der Waals surface area contributed by atoms with Gasteiger partial charge in [-0.3, -0.25) is 0 Å². The van der Waals surface area contributed by atoms with Gasteiger partial charge in [-0.2, -0.15) is 0 Å². The van der Waals surface area contributed by atoms with Crippen LogP contribution in [0.5, 0.6) is 0 Å². The molecule has 0 bridgehead atoms. The minimum Gasteiger partial charge on any atom is -0.477 e. The van der Waals surface area contributed by atoms with Gasteiger partial charge >= 0.3 is 5.97 Å². The van der Waals surface area contributed by atoms with Crippen LogP contribution in [-0.4, -0.2) is 21.0 Å². The molecule has 3 rings (SSSR count). The van der Waals surface area contributed by atoms with Crippen LogP contribution in [0.4, 0.5) is 0 Å². The lowest BCUT2D eigenvalue weighted by atomic mass is 10.1. The molecule has 0 radical (unpaired) electrons. The minimum absolute atomic E-state index is 0.0694. The number of aryl methyl sites for hydroxylation is 1. The van der Waals surface area contributed by atoms with Gasteiger partial charge in [-0.15, -0.1) is 0 Å². The normalized spacial score (nSPS) is 11.1. The van der Waals surface area contributed by atoms with E-state index < -0.39 is 5.97 Å². The molecule has 0 aliphatic rings. The molecule has 0 fully saturated rings. The molecule has 0 aliphatic heterocycles. The summed E-state index contributed by atoms with van der Waals surface area (Å²) in [5.41, 5.74) is 3.07. The fourth-order valence-corrected chi connectivity index (χ4v) is 2.03. The van der Waals surface area contributed by atoms with Gasteiger partial charge in [0.05, 0.1) is 11.7 Å². The number of rotatable bonds is 1. The van der Waals surface area contributed by atoms with Crippen LogP contribution in [0.1, 0.15) is 16.1 Å². The topological polar surface area (TPSA) is 66.0 Å². The quantitative estimate of drug-likeness (QED) is 0.670. The van der Waals surface area contributed by atoms with Crippen LogP contribution < -0.4 is 0 Å². The van der Waals surface area contributed by atoms with E-state index in [9.17, 15) is 4.79 Å². The number of benzene rings is 1. The first-order chi connectivity index (χ1) is 8.15. The Bertz CT molecular complexity index is 744. The Kier molecular flexibility index (Phi) is 1.92. The number of carboxylic acids is 1. The smallest absolute Gasteiger partial charge is 0.354 e. The third-order valence-electron chi connectivity index (χ3n) is 2.86. The van der Waals surface area contributed by atoms with E-state index in [0.29, 0.717) is 0 Å². The average Bonchev–Trinajstić information content (AvgIpc) is 2.66. The largest absolute Gasteiger partial charge is 0.477 e. The highest BCUT2D eigenvalue weighted by molar-refractivity contribution is 6.08. The van der Waals surface area contributed by atoms with Gasteiger partial charge in [0.1, 0.15) is 5.69 Å². The van der Waals surface area contributed by atoms with Crippen molar-refractivity contribution in [2.75, 3.05) is 0 Å². The molecule has 84 valence electrons. The molecule has 0 aliphatic carbocycles. The van der Waals surface area contributed by atoms with Crippen LogP contribution in [0.15, 0.2) is 30.5 Å². The molecular formula is C13H10N2O2. The molecule has 1 aromatic carbocycles. The Morgan fingerprint density at radius 1 is 1.24 bits per heavy atom. The molecule has 4 nitrogen and oxygen atoms in total. The predicted molar refractivity (Wildman–Crippen MR) is 65.3 cm³/mol. The maximum Gasteiger partial charge on any atom is 0.354 e. The molecule has 0 spiro atoms. The van der Waals surface area contributed by atoms with Crippen LogP contribution in [-0.2, 0) is 0 Å². The number of aromatic carboxylic acids is 1. The lowest BCUT2D eigenvalue weighted by molar-refractivity contribution is 0.0691. The third kappa shape index (κ3) is 1.45. The van der Waals surface area contributed by atoms with E-state index in [1.165, 1.54) is 0 Å². The van der Waals surface area contributed by atoms with E-state index in [1.807, 2.05) is 25.1 Å². The molecule has 3 aromatic rings. The second-order valence-corrected chi connectivity index (χ2v) is 4.09. The number of pyridine rings is 1. The Balaban J connectivity index is 2.43. The zero-order valence-corrected chi connectivity index (χ0v) is 9.19. The summed E-state index contributed by atoms with van der Waals surface area (Å²) in [5.74, 6) is -1.01. The summed E-state index contributed by atoms with van der Waals surface area (Å²) >= 11 is 0. The van der Waals surface area contributed by atoms with Crippen LogP contribution in [0, 0.1) is 6.92 Å². The second kappa shape index (κ2) is 3.31. The molecule has 0 atom stereocenters. The average molecular weight is 226 g/mol. The maximum atomic E-state index is 10.9. The van der Waals surface area contributed by atoms with E-state index in [0.717, 1.165) is 27.4 Å². The van der Waals surface area contributed by atoms with Crippen molar-refractivity contribution in [2.24, 2.45) is 0 Å². The molecule has 2 aromatic heterocycles. The van der Waals surface area contributed by atoms with E-state index in [4.69, 9.17) is 5.11 Å². The molecule has 2 heterocycles. The Morgan fingerprint density at radius 3 is 2.76 bits per heavy atom. The Labute approximate surface area is 96.9 Å². The van der Waals surface area contributed by atoms with Gasteiger partial charge in [0.25, 0.3) is 0 Å². The first-order valence-corrected chi connectivity index (χ1v) is 5.26. The maximum absolute atomic E-state index is 10.9. The van der Waals surface area contributed by atoms with Crippen LogP contribution >= 0.6 is 0 Å².